The van der Waals surface area contributed by atoms with Crippen LogP contribution in [-0.2, 0) is 19.6 Å². The molecule has 38 heavy (non-hydrogen) atoms. The van der Waals surface area contributed by atoms with E-state index in [1.54, 1.807) is 18.2 Å². The molecule has 0 aliphatic carbocycles. The molecule has 0 aromatic heterocycles. The van der Waals surface area contributed by atoms with Crippen molar-refractivity contribution in [3.8, 4) is 5.75 Å². The summed E-state index contributed by atoms with van der Waals surface area (Å²) >= 11 is 0. The van der Waals surface area contributed by atoms with Crippen molar-refractivity contribution in [1.82, 2.24) is 5.32 Å². The van der Waals surface area contributed by atoms with Crippen LogP contribution in [0.4, 0.5) is 10.1 Å². The van der Waals surface area contributed by atoms with E-state index in [4.69, 9.17) is 9.47 Å². The molecule has 10 heteroatoms. The Morgan fingerprint density at radius 2 is 1.84 bits per heavy atom. The highest BCUT2D eigenvalue weighted by atomic mass is 32.2. The summed E-state index contributed by atoms with van der Waals surface area (Å²) in [7, 11) is -3.93. The zero-order chi connectivity index (χ0) is 26.9. The maximum atomic E-state index is 13.2. The van der Waals surface area contributed by atoms with Crippen molar-refractivity contribution in [1.29, 1.82) is 0 Å². The zero-order valence-electron chi connectivity index (χ0n) is 20.7. The van der Waals surface area contributed by atoms with E-state index in [9.17, 15) is 22.7 Å². The maximum Gasteiger partial charge on any atom is 0.261 e. The fourth-order valence-corrected chi connectivity index (χ4v) is 6.16. The molecule has 0 saturated carbocycles. The van der Waals surface area contributed by atoms with E-state index in [0.29, 0.717) is 17.9 Å². The van der Waals surface area contributed by atoms with Gasteiger partial charge in [-0.15, -0.1) is 0 Å². The van der Waals surface area contributed by atoms with Crippen LogP contribution in [0.5, 0.6) is 5.75 Å². The van der Waals surface area contributed by atoms with Crippen molar-refractivity contribution in [2.75, 3.05) is 11.3 Å². The number of anilines is 1. The van der Waals surface area contributed by atoms with E-state index < -0.39 is 34.2 Å². The molecule has 1 amide bonds. The van der Waals surface area contributed by atoms with Crippen molar-refractivity contribution in [3.63, 3.8) is 0 Å². The van der Waals surface area contributed by atoms with E-state index in [1.165, 1.54) is 12.1 Å². The maximum absolute atomic E-state index is 13.2. The molecule has 3 aromatic rings. The van der Waals surface area contributed by atoms with Crippen LogP contribution in [0.3, 0.4) is 0 Å². The van der Waals surface area contributed by atoms with Crippen molar-refractivity contribution in [2.45, 2.75) is 54.9 Å². The number of aliphatic hydroxyl groups excluding tert-OH is 1. The molecule has 8 nitrogen and oxygen atoms in total. The molecule has 2 aliphatic rings. The van der Waals surface area contributed by atoms with Gasteiger partial charge in [0.15, 0.2) is 0 Å². The predicted molar refractivity (Wildman–Crippen MR) is 139 cm³/mol. The lowest BCUT2D eigenvalue weighted by Gasteiger charge is -2.37. The molecule has 3 aromatic carbocycles. The predicted octanol–water partition coefficient (Wildman–Crippen LogP) is 3.89. The summed E-state index contributed by atoms with van der Waals surface area (Å²) in [6.07, 6.45) is -0.963. The SMILES string of the molecule is C[C@@H](NC(=O)C[C@@H]1C[C@@H]2c3cc(NS(=O)(=O)c4ccc(F)cc4)ccc3O[C@@H]2[C@@H](CO)O1)c1ccccc1. The molecule has 5 rings (SSSR count). The first kappa shape index (κ1) is 26.1. The van der Waals surface area contributed by atoms with Crippen LogP contribution in [-0.4, -0.2) is 44.4 Å². The molecule has 1 fully saturated rings. The second kappa shape index (κ2) is 10.7. The first-order valence-corrected chi connectivity index (χ1v) is 13.9. The topological polar surface area (TPSA) is 114 Å². The number of nitrogens with one attached hydrogen (secondary N) is 2. The van der Waals surface area contributed by atoms with Crippen molar-refractivity contribution < 1.29 is 32.2 Å². The number of benzene rings is 3. The van der Waals surface area contributed by atoms with Gasteiger partial charge in [0.2, 0.25) is 5.91 Å². The molecular formula is C28H29FN2O6S. The number of sulfonamides is 1. The Morgan fingerprint density at radius 1 is 1.11 bits per heavy atom. The van der Waals surface area contributed by atoms with Gasteiger partial charge < -0.3 is 19.9 Å². The third-order valence-electron chi connectivity index (χ3n) is 6.97. The smallest absolute Gasteiger partial charge is 0.261 e. The van der Waals surface area contributed by atoms with Crippen LogP contribution in [0.1, 0.15) is 42.9 Å². The second-order valence-electron chi connectivity index (χ2n) is 9.62. The number of ether oxygens (including phenoxy) is 2. The monoisotopic (exact) mass is 540 g/mol. The number of carbonyl (C=O) groups is 1. The Kier molecular flexibility index (Phi) is 7.38. The molecular weight excluding hydrogens is 511 g/mol. The number of amides is 1. The van der Waals surface area contributed by atoms with Gasteiger partial charge in [-0.1, -0.05) is 30.3 Å². The Bertz CT molecular complexity index is 1400. The van der Waals surface area contributed by atoms with Crippen molar-refractivity contribution in [3.05, 3.63) is 89.7 Å². The third kappa shape index (κ3) is 5.52. The number of carbonyl (C=O) groups excluding carboxylic acids is 1. The molecule has 0 unspecified atom stereocenters. The molecule has 2 heterocycles. The largest absolute Gasteiger partial charge is 0.487 e. The van der Waals surface area contributed by atoms with Gasteiger partial charge in [-0.05, 0) is 61.4 Å². The van der Waals surface area contributed by atoms with Gasteiger partial charge in [-0.2, -0.15) is 0 Å². The van der Waals surface area contributed by atoms with Crippen LogP contribution < -0.4 is 14.8 Å². The first-order valence-electron chi connectivity index (χ1n) is 12.4. The van der Waals surface area contributed by atoms with E-state index in [1.807, 2.05) is 37.3 Å². The Balaban J connectivity index is 1.30. The van der Waals surface area contributed by atoms with Gasteiger partial charge in [0.25, 0.3) is 10.0 Å². The van der Waals surface area contributed by atoms with E-state index in [-0.39, 0.29) is 35.8 Å². The Hall–Kier alpha value is -3.47. The normalized spacial score (nSPS) is 23.0. The van der Waals surface area contributed by atoms with Crippen LogP contribution >= 0.6 is 0 Å². The number of fused-ring (bicyclic) bond motifs is 3. The highest BCUT2D eigenvalue weighted by Crippen LogP contribution is 2.47. The lowest BCUT2D eigenvalue weighted by molar-refractivity contribution is -0.142. The highest BCUT2D eigenvalue weighted by Gasteiger charge is 2.46. The Morgan fingerprint density at radius 3 is 2.55 bits per heavy atom. The minimum Gasteiger partial charge on any atom is -0.487 e. The minimum absolute atomic E-state index is 0.0595. The first-order chi connectivity index (χ1) is 18.2. The fraction of sp³-hybridized carbons (Fsp3) is 0.321. The average Bonchev–Trinajstić information content (AvgIpc) is 3.26. The van der Waals surface area contributed by atoms with Gasteiger partial charge >= 0.3 is 0 Å². The summed E-state index contributed by atoms with van der Waals surface area (Å²) in [6.45, 7) is 1.63. The van der Waals surface area contributed by atoms with Crippen LogP contribution in [0, 0.1) is 5.82 Å². The lowest BCUT2D eigenvalue weighted by Crippen LogP contribution is -2.47. The van der Waals surface area contributed by atoms with Gasteiger partial charge in [0.05, 0.1) is 30.1 Å². The number of aliphatic hydroxyl groups is 1. The molecule has 2 aliphatic heterocycles. The van der Waals surface area contributed by atoms with Gasteiger partial charge in [0, 0.05) is 17.2 Å². The summed E-state index contributed by atoms with van der Waals surface area (Å²) in [5.74, 6) is -0.313. The number of hydrogen-bond acceptors (Lipinski definition) is 6. The molecule has 0 spiro atoms. The van der Waals surface area contributed by atoms with Crippen molar-refractivity contribution >= 4 is 21.6 Å². The van der Waals surface area contributed by atoms with Crippen molar-refractivity contribution in [2.24, 2.45) is 0 Å². The molecule has 0 radical (unpaired) electrons. The summed E-state index contributed by atoms with van der Waals surface area (Å²) < 4.78 is 53.5. The lowest BCUT2D eigenvalue weighted by atomic mass is 9.84. The fourth-order valence-electron chi connectivity index (χ4n) is 5.11. The van der Waals surface area contributed by atoms with Gasteiger partial charge in [-0.25, -0.2) is 12.8 Å². The minimum atomic E-state index is -3.93. The molecule has 1 saturated heterocycles. The van der Waals surface area contributed by atoms with E-state index in [0.717, 1.165) is 23.3 Å². The van der Waals surface area contributed by atoms with Gasteiger partial charge in [-0.3, -0.25) is 9.52 Å². The highest BCUT2D eigenvalue weighted by molar-refractivity contribution is 7.92. The van der Waals surface area contributed by atoms with Crippen LogP contribution in [0.15, 0.2) is 77.7 Å². The summed E-state index contributed by atoms with van der Waals surface area (Å²) in [5, 5.41) is 13.0. The summed E-state index contributed by atoms with van der Waals surface area (Å²) in [6, 6.07) is 19.0. The van der Waals surface area contributed by atoms with E-state index >= 15 is 0 Å². The second-order valence-corrected chi connectivity index (χ2v) is 11.3. The van der Waals surface area contributed by atoms with E-state index in [2.05, 4.69) is 10.0 Å². The molecule has 3 N–H and O–H groups in total. The standard InChI is InChI=1S/C28H29FN2O6S/c1-17(18-5-3-2-4-6-18)30-27(33)15-21-14-24-23-13-20(9-12-25(23)37-28(24)26(16-32)36-21)31-38(34,35)22-10-7-19(29)8-11-22/h2-13,17,21,24,26,28,31-32H,14-16H2,1H3,(H,30,33)/t17-,21+,24-,26-,28+/m1/s1. The Labute approximate surface area is 220 Å². The molecule has 200 valence electrons. The zero-order valence-corrected chi connectivity index (χ0v) is 21.5. The third-order valence-corrected chi connectivity index (χ3v) is 8.36. The number of halogens is 1. The number of hydrogen-bond donors (Lipinski definition) is 3. The molecule has 5 atom stereocenters. The number of rotatable bonds is 8. The van der Waals surface area contributed by atoms with Crippen LogP contribution in [0.2, 0.25) is 0 Å². The molecule has 0 bridgehead atoms. The quantitative estimate of drug-likeness (QED) is 0.400. The summed E-state index contributed by atoms with van der Waals surface area (Å²) in [4.78, 5) is 12.7. The van der Waals surface area contributed by atoms with Gasteiger partial charge in [0.1, 0.15) is 23.8 Å². The summed E-state index contributed by atoms with van der Waals surface area (Å²) in [5.41, 5.74) is 2.10. The van der Waals surface area contributed by atoms with Crippen LogP contribution in [0.25, 0.3) is 0 Å². The average molecular weight is 541 g/mol.